The maximum absolute atomic E-state index is 12.1. The van der Waals surface area contributed by atoms with E-state index >= 15 is 0 Å². The van der Waals surface area contributed by atoms with Gasteiger partial charge in [-0.25, -0.2) is 0 Å². The van der Waals surface area contributed by atoms with Crippen LogP contribution in [0, 0.1) is 6.92 Å². The second-order valence-electron chi connectivity index (χ2n) is 6.08. The quantitative estimate of drug-likeness (QED) is 0.910. The van der Waals surface area contributed by atoms with Crippen LogP contribution in [0.2, 0.25) is 0 Å². The third kappa shape index (κ3) is 3.94. The van der Waals surface area contributed by atoms with Crippen molar-refractivity contribution in [2.75, 3.05) is 0 Å². The average molecular weight is 351 g/mol. The first kappa shape index (κ1) is 15.8. The second-order valence-corrected chi connectivity index (χ2v) is 7.00. The van der Waals surface area contributed by atoms with E-state index in [1.54, 1.807) is 6.07 Å². The van der Waals surface area contributed by atoms with Gasteiger partial charge in [-0.3, -0.25) is 4.79 Å². The molecular formula is C16H19BrN2O2. The Hall–Kier alpha value is -1.62. The van der Waals surface area contributed by atoms with Gasteiger partial charge in [0.2, 0.25) is 0 Å². The molecule has 5 heteroatoms. The van der Waals surface area contributed by atoms with Crippen LogP contribution < -0.4 is 5.32 Å². The summed E-state index contributed by atoms with van der Waals surface area (Å²) in [5, 5.41) is 6.70. The molecule has 1 aromatic heterocycles. The molecule has 0 aliphatic heterocycles. The van der Waals surface area contributed by atoms with Gasteiger partial charge < -0.3 is 9.84 Å². The van der Waals surface area contributed by atoms with E-state index < -0.39 is 0 Å². The van der Waals surface area contributed by atoms with Gasteiger partial charge in [-0.05, 0) is 30.2 Å². The van der Waals surface area contributed by atoms with Gasteiger partial charge in [0.05, 0.1) is 0 Å². The molecule has 4 nitrogen and oxygen atoms in total. The van der Waals surface area contributed by atoms with E-state index in [-0.39, 0.29) is 11.3 Å². The summed E-state index contributed by atoms with van der Waals surface area (Å²) in [5.41, 5.74) is 2.36. The Kier molecular flexibility index (Phi) is 4.52. The number of amides is 1. The van der Waals surface area contributed by atoms with Gasteiger partial charge in [0.25, 0.3) is 5.91 Å². The SMILES string of the molecule is Cc1cc(Br)ccc1CNC(=O)c1cc(C(C)(C)C)on1. The fraction of sp³-hybridized carbons (Fsp3) is 0.375. The minimum Gasteiger partial charge on any atom is -0.360 e. The van der Waals surface area contributed by atoms with Crippen LogP contribution in [0.25, 0.3) is 0 Å². The Morgan fingerprint density at radius 3 is 2.62 bits per heavy atom. The number of aryl methyl sites for hydroxylation is 1. The summed E-state index contributed by atoms with van der Waals surface area (Å²) in [6.07, 6.45) is 0. The van der Waals surface area contributed by atoms with Gasteiger partial charge >= 0.3 is 0 Å². The molecule has 0 aliphatic rings. The van der Waals surface area contributed by atoms with Crippen molar-refractivity contribution >= 4 is 21.8 Å². The third-order valence-corrected chi connectivity index (χ3v) is 3.72. The van der Waals surface area contributed by atoms with E-state index in [0.29, 0.717) is 18.0 Å². The van der Waals surface area contributed by atoms with Crippen LogP contribution in [0.4, 0.5) is 0 Å². The average Bonchev–Trinajstić information content (AvgIpc) is 2.87. The molecule has 1 amide bonds. The van der Waals surface area contributed by atoms with Crippen LogP contribution in [0.5, 0.6) is 0 Å². The maximum Gasteiger partial charge on any atom is 0.273 e. The molecule has 0 radical (unpaired) electrons. The van der Waals surface area contributed by atoms with Gasteiger partial charge in [-0.15, -0.1) is 0 Å². The fourth-order valence-corrected chi connectivity index (χ4v) is 2.33. The zero-order valence-electron chi connectivity index (χ0n) is 12.7. The Morgan fingerprint density at radius 2 is 2.05 bits per heavy atom. The van der Waals surface area contributed by atoms with E-state index in [1.807, 2.05) is 45.9 Å². The summed E-state index contributed by atoms with van der Waals surface area (Å²) in [5.74, 6) is 0.476. The lowest BCUT2D eigenvalue weighted by Gasteiger charge is -2.12. The van der Waals surface area contributed by atoms with Gasteiger partial charge in [0.1, 0.15) is 5.76 Å². The largest absolute Gasteiger partial charge is 0.360 e. The molecule has 0 bridgehead atoms. The van der Waals surface area contributed by atoms with Crippen LogP contribution in [-0.2, 0) is 12.0 Å². The van der Waals surface area contributed by atoms with E-state index in [1.165, 1.54) is 0 Å². The van der Waals surface area contributed by atoms with Crippen molar-refractivity contribution in [1.29, 1.82) is 0 Å². The zero-order chi connectivity index (χ0) is 15.6. The topological polar surface area (TPSA) is 55.1 Å². The summed E-state index contributed by atoms with van der Waals surface area (Å²) < 4.78 is 6.25. The Labute approximate surface area is 133 Å². The highest BCUT2D eigenvalue weighted by Gasteiger charge is 2.22. The van der Waals surface area contributed by atoms with E-state index in [0.717, 1.165) is 15.6 Å². The summed E-state index contributed by atoms with van der Waals surface area (Å²) in [4.78, 5) is 12.1. The second kappa shape index (κ2) is 6.02. The van der Waals surface area contributed by atoms with Crippen molar-refractivity contribution in [2.24, 2.45) is 0 Å². The number of halogens is 1. The van der Waals surface area contributed by atoms with Crippen molar-refractivity contribution in [2.45, 2.75) is 39.7 Å². The lowest BCUT2D eigenvalue weighted by Crippen LogP contribution is -2.23. The molecule has 1 aromatic carbocycles. The molecule has 0 saturated heterocycles. The monoisotopic (exact) mass is 350 g/mol. The van der Waals surface area contributed by atoms with Crippen molar-refractivity contribution in [3.63, 3.8) is 0 Å². The summed E-state index contributed by atoms with van der Waals surface area (Å²) in [7, 11) is 0. The molecule has 1 heterocycles. The number of hydrogen-bond donors (Lipinski definition) is 1. The van der Waals surface area contributed by atoms with E-state index in [4.69, 9.17) is 4.52 Å². The standard InChI is InChI=1S/C16H19BrN2O2/c1-10-7-12(17)6-5-11(10)9-18-15(20)13-8-14(21-19-13)16(2,3)4/h5-8H,9H2,1-4H3,(H,18,20). The number of nitrogens with one attached hydrogen (secondary N) is 1. The number of aromatic nitrogens is 1. The predicted molar refractivity (Wildman–Crippen MR) is 85.3 cm³/mol. The molecular weight excluding hydrogens is 332 g/mol. The van der Waals surface area contributed by atoms with Crippen molar-refractivity contribution in [3.05, 3.63) is 51.3 Å². The molecule has 0 saturated carbocycles. The van der Waals surface area contributed by atoms with E-state index in [9.17, 15) is 4.79 Å². The third-order valence-electron chi connectivity index (χ3n) is 3.23. The van der Waals surface area contributed by atoms with Gasteiger partial charge in [0.15, 0.2) is 5.69 Å². The van der Waals surface area contributed by atoms with Gasteiger partial charge in [0, 0.05) is 22.5 Å². The Balaban J connectivity index is 2.03. The van der Waals surface area contributed by atoms with Gasteiger partial charge in [-0.1, -0.05) is 47.9 Å². The van der Waals surface area contributed by atoms with E-state index in [2.05, 4.69) is 26.4 Å². The number of benzene rings is 1. The predicted octanol–water partition coefficient (Wildman–Crippen LogP) is 3.97. The molecule has 112 valence electrons. The molecule has 2 rings (SSSR count). The lowest BCUT2D eigenvalue weighted by molar-refractivity contribution is 0.0941. The molecule has 21 heavy (non-hydrogen) atoms. The first-order valence-electron chi connectivity index (χ1n) is 6.78. The highest BCUT2D eigenvalue weighted by atomic mass is 79.9. The Bertz CT molecular complexity index is 657. The van der Waals surface area contributed by atoms with Crippen molar-refractivity contribution in [3.8, 4) is 0 Å². The minimum absolute atomic E-state index is 0.159. The molecule has 0 spiro atoms. The first-order valence-corrected chi connectivity index (χ1v) is 7.57. The molecule has 0 aliphatic carbocycles. The van der Waals surface area contributed by atoms with Crippen molar-refractivity contribution < 1.29 is 9.32 Å². The van der Waals surface area contributed by atoms with Crippen LogP contribution >= 0.6 is 15.9 Å². The molecule has 0 fully saturated rings. The first-order chi connectivity index (χ1) is 9.77. The zero-order valence-corrected chi connectivity index (χ0v) is 14.2. The van der Waals surface area contributed by atoms with Crippen LogP contribution in [0.15, 0.2) is 33.3 Å². The van der Waals surface area contributed by atoms with Crippen LogP contribution in [0.1, 0.15) is 48.1 Å². The van der Waals surface area contributed by atoms with Crippen LogP contribution in [-0.4, -0.2) is 11.1 Å². The number of carbonyl (C=O) groups excluding carboxylic acids is 1. The molecule has 2 aromatic rings. The summed E-state index contributed by atoms with van der Waals surface area (Å²) in [6, 6.07) is 7.67. The number of nitrogens with zero attached hydrogens (tertiary/aromatic N) is 1. The molecule has 0 unspecified atom stereocenters. The van der Waals surface area contributed by atoms with Crippen molar-refractivity contribution in [1.82, 2.24) is 10.5 Å². The number of hydrogen-bond acceptors (Lipinski definition) is 3. The number of rotatable bonds is 3. The minimum atomic E-state index is -0.225. The Morgan fingerprint density at radius 1 is 1.33 bits per heavy atom. The molecule has 1 N–H and O–H groups in total. The molecule has 0 atom stereocenters. The maximum atomic E-state index is 12.1. The smallest absolute Gasteiger partial charge is 0.273 e. The summed E-state index contributed by atoms with van der Waals surface area (Å²) >= 11 is 3.42. The van der Waals surface area contributed by atoms with Gasteiger partial charge in [-0.2, -0.15) is 0 Å². The normalized spacial score (nSPS) is 11.5. The van der Waals surface area contributed by atoms with Crippen LogP contribution in [0.3, 0.4) is 0 Å². The fourth-order valence-electron chi connectivity index (χ4n) is 1.86. The highest BCUT2D eigenvalue weighted by molar-refractivity contribution is 9.10. The lowest BCUT2D eigenvalue weighted by atomic mass is 9.93. The number of carbonyl (C=O) groups is 1. The summed E-state index contributed by atoms with van der Waals surface area (Å²) in [6.45, 7) is 8.52. The highest BCUT2D eigenvalue weighted by Crippen LogP contribution is 2.22.